The van der Waals surface area contributed by atoms with Crippen LogP contribution in [0.25, 0.3) is 10.9 Å². The van der Waals surface area contributed by atoms with Gasteiger partial charge in [0.25, 0.3) is 0 Å². The number of para-hydroxylation sites is 1. The zero-order chi connectivity index (χ0) is 11.8. The standard InChI is InChI=1S/C14H15NO2/c1-17-14(16)11-7-4-6-10-9-5-2-3-8-12(9)15-13(10)11/h4,6-7,15H,2-3,5,8H2,1H3. The maximum Gasteiger partial charge on any atom is 0.339 e. The number of hydrogen-bond acceptors (Lipinski definition) is 2. The van der Waals surface area contributed by atoms with Gasteiger partial charge in [-0.3, -0.25) is 0 Å². The van der Waals surface area contributed by atoms with Crippen LogP contribution in [0.1, 0.15) is 34.5 Å². The lowest BCUT2D eigenvalue weighted by atomic mass is 9.95. The zero-order valence-electron chi connectivity index (χ0n) is 9.88. The SMILES string of the molecule is COC(=O)c1cccc2c3c([nH]c12)CCCC3. The van der Waals surface area contributed by atoms with Gasteiger partial charge in [-0.05, 0) is 37.3 Å². The molecule has 0 amide bonds. The van der Waals surface area contributed by atoms with Crippen LogP contribution in [-0.4, -0.2) is 18.1 Å². The quantitative estimate of drug-likeness (QED) is 0.764. The minimum Gasteiger partial charge on any atom is -0.465 e. The summed E-state index contributed by atoms with van der Waals surface area (Å²) in [6.45, 7) is 0. The number of hydrogen-bond donors (Lipinski definition) is 1. The highest BCUT2D eigenvalue weighted by molar-refractivity contribution is 6.04. The number of ether oxygens (including phenoxy) is 1. The number of nitrogens with one attached hydrogen (secondary N) is 1. The Balaban J connectivity index is 2.26. The van der Waals surface area contributed by atoms with Crippen molar-refractivity contribution in [3.8, 4) is 0 Å². The Hall–Kier alpha value is -1.77. The molecule has 0 spiro atoms. The maximum absolute atomic E-state index is 11.7. The fourth-order valence-electron chi connectivity index (χ4n) is 2.71. The normalized spacial score (nSPS) is 14.6. The van der Waals surface area contributed by atoms with Crippen molar-refractivity contribution < 1.29 is 9.53 Å². The molecule has 3 rings (SSSR count). The largest absolute Gasteiger partial charge is 0.465 e. The number of esters is 1. The van der Waals surface area contributed by atoms with E-state index in [2.05, 4.69) is 11.1 Å². The van der Waals surface area contributed by atoms with E-state index in [1.54, 1.807) is 0 Å². The Kier molecular flexibility index (Phi) is 2.39. The number of fused-ring (bicyclic) bond motifs is 3. The molecule has 0 atom stereocenters. The van der Waals surface area contributed by atoms with Crippen LogP contribution in [0.5, 0.6) is 0 Å². The van der Waals surface area contributed by atoms with E-state index < -0.39 is 0 Å². The molecule has 1 aliphatic rings. The number of carbonyl (C=O) groups is 1. The predicted molar refractivity (Wildman–Crippen MR) is 66.3 cm³/mol. The van der Waals surface area contributed by atoms with Crippen LogP contribution in [0.15, 0.2) is 18.2 Å². The van der Waals surface area contributed by atoms with Crippen molar-refractivity contribution in [2.75, 3.05) is 7.11 Å². The number of methoxy groups -OCH3 is 1. The van der Waals surface area contributed by atoms with E-state index in [0.29, 0.717) is 5.56 Å². The van der Waals surface area contributed by atoms with Crippen molar-refractivity contribution in [2.24, 2.45) is 0 Å². The molecule has 0 unspecified atom stereocenters. The third-order valence-corrected chi connectivity index (χ3v) is 3.54. The van der Waals surface area contributed by atoms with E-state index in [9.17, 15) is 4.79 Å². The third kappa shape index (κ3) is 1.54. The molecule has 0 radical (unpaired) electrons. The zero-order valence-corrected chi connectivity index (χ0v) is 9.88. The molecule has 3 nitrogen and oxygen atoms in total. The van der Waals surface area contributed by atoms with Gasteiger partial charge in [-0.2, -0.15) is 0 Å². The molecule has 1 N–H and O–H groups in total. The second kappa shape index (κ2) is 3.91. The molecule has 17 heavy (non-hydrogen) atoms. The van der Waals surface area contributed by atoms with Gasteiger partial charge in [-0.25, -0.2) is 4.79 Å². The summed E-state index contributed by atoms with van der Waals surface area (Å²) in [4.78, 5) is 15.1. The summed E-state index contributed by atoms with van der Waals surface area (Å²) in [6.07, 6.45) is 4.67. The minimum absolute atomic E-state index is 0.269. The summed E-state index contributed by atoms with van der Waals surface area (Å²) in [5.41, 5.74) is 4.25. The van der Waals surface area contributed by atoms with Crippen LogP contribution in [0.3, 0.4) is 0 Å². The van der Waals surface area contributed by atoms with Crippen LogP contribution in [-0.2, 0) is 17.6 Å². The second-order valence-electron chi connectivity index (χ2n) is 4.51. The number of aromatic amines is 1. The molecule has 1 aromatic heterocycles. The Labute approximate surface area is 99.8 Å². The van der Waals surface area contributed by atoms with E-state index in [4.69, 9.17) is 4.74 Å². The van der Waals surface area contributed by atoms with Crippen LogP contribution in [0, 0.1) is 0 Å². The van der Waals surface area contributed by atoms with Crippen molar-refractivity contribution in [1.82, 2.24) is 4.98 Å². The van der Waals surface area contributed by atoms with E-state index in [0.717, 1.165) is 18.4 Å². The highest BCUT2D eigenvalue weighted by Gasteiger charge is 2.19. The van der Waals surface area contributed by atoms with Gasteiger partial charge in [0.2, 0.25) is 0 Å². The fourth-order valence-corrected chi connectivity index (χ4v) is 2.71. The smallest absolute Gasteiger partial charge is 0.339 e. The molecule has 0 fully saturated rings. The lowest BCUT2D eigenvalue weighted by molar-refractivity contribution is 0.0603. The molecule has 0 saturated heterocycles. The molecule has 1 aliphatic carbocycles. The number of aromatic nitrogens is 1. The molecule has 0 saturated carbocycles. The molecular formula is C14H15NO2. The van der Waals surface area contributed by atoms with Crippen molar-refractivity contribution in [3.63, 3.8) is 0 Å². The van der Waals surface area contributed by atoms with Crippen molar-refractivity contribution in [1.29, 1.82) is 0 Å². The average molecular weight is 229 g/mol. The molecule has 3 heteroatoms. The highest BCUT2D eigenvalue weighted by atomic mass is 16.5. The first-order chi connectivity index (χ1) is 8.31. The van der Waals surface area contributed by atoms with Crippen molar-refractivity contribution in [3.05, 3.63) is 35.0 Å². The van der Waals surface area contributed by atoms with Gasteiger partial charge in [-0.15, -0.1) is 0 Å². The van der Waals surface area contributed by atoms with Crippen LogP contribution in [0.4, 0.5) is 0 Å². The van der Waals surface area contributed by atoms with Crippen molar-refractivity contribution >= 4 is 16.9 Å². The van der Waals surface area contributed by atoms with Crippen molar-refractivity contribution in [2.45, 2.75) is 25.7 Å². The third-order valence-electron chi connectivity index (χ3n) is 3.54. The monoisotopic (exact) mass is 229 g/mol. The Bertz CT molecular complexity index is 583. The number of rotatable bonds is 1. The molecule has 88 valence electrons. The lowest BCUT2D eigenvalue weighted by Crippen LogP contribution is -2.01. The summed E-state index contributed by atoms with van der Waals surface area (Å²) < 4.78 is 4.82. The van der Waals surface area contributed by atoms with Crippen LogP contribution in [0.2, 0.25) is 0 Å². The summed E-state index contributed by atoms with van der Waals surface area (Å²) in [6, 6.07) is 5.83. The summed E-state index contributed by atoms with van der Waals surface area (Å²) >= 11 is 0. The van der Waals surface area contributed by atoms with E-state index in [1.165, 1.54) is 36.6 Å². The molecule has 1 aromatic carbocycles. The maximum atomic E-state index is 11.7. The van der Waals surface area contributed by atoms with Gasteiger partial charge in [0, 0.05) is 11.1 Å². The molecule has 2 aromatic rings. The molecule has 0 aliphatic heterocycles. The van der Waals surface area contributed by atoms with Gasteiger partial charge in [0.15, 0.2) is 0 Å². The first-order valence-electron chi connectivity index (χ1n) is 6.02. The number of H-pyrrole nitrogens is 1. The molecule has 1 heterocycles. The van der Waals surface area contributed by atoms with Gasteiger partial charge < -0.3 is 9.72 Å². The van der Waals surface area contributed by atoms with Crippen LogP contribution < -0.4 is 0 Å². The summed E-state index contributed by atoms with van der Waals surface area (Å²) in [7, 11) is 1.42. The predicted octanol–water partition coefficient (Wildman–Crippen LogP) is 2.83. The van der Waals surface area contributed by atoms with E-state index in [-0.39, 0.29) is 5.97 Å². The lowest BCUT2D eigenvalue weighted by Gasteiger charge is -2.10. The summed E-state index contributed by atoms with van der Waals surface area (Å²) in [5, 5.41) is 1.18. The van der Waals surface area contributed by atoms with E-state index >= 15 is 0 Å². The number of carbonyl (C=O) groups excluding carboxylic acids is 1. The van der Waals surface area contributed by atoms with Gasteiger partial charge in [0.1, 0.15) is 0 Å². The molecule has 0 bridgehead atoms. The first kappa shape index (κ1) is 10.4. The Morgan fingerprint density at radius 3 is 2.94 bits per heavy atom. The second-order valence-corrected chi connectivity index (χ2v) is 4.51. The number of benzene rings is 1. The Morgan fingerprint density at radius 2 is 2.12 bits per heavy atom. The first-order valence-corrected chi connectivity index (χ1v) is 6.02. The highest BCUT2D eigenvalue weighted by Crippen LogP contribution is 2.30. The van der Waals surface area contributed by atoms with Crippen LogP contribution >= 0.6 is 0 Å². The fraction of sp³-hybridized carbons (Fsp3) is 0.357. The summed E-state index contributed by atoms with van der Waals surface area (Å²) in [5.74, 6) is -0.269. The average Bonchev–Trinajstić information content (AvgIpc) is 2.76. The molecular weight excluding hydrogens is 214 g/mol. The minimum atomic E-state index is -0.269. The van der Waals surface area contributed by atoms with Gasteiger partial charge in [0.05, 0.1) is 18.2 Å². The van der Waals surface area contributed by atoms with Gasteiger partial charge >= 0.3 is 5.97 Å². The number of aryl methyl sites for hydroxylation is 2. The Morgan fingerprint density at radius 1 is 1.29 bits per heavy atom. The van der Waals surface area contributed by atoms with Gasteiger partial charge in [-0.1, -0.05) is 12.1 Å². The van der Waals surface area contributed by atoms with E-state index in [1.807, 2.05) is 12.1 Å². The topological polar surface area (TPSA) is 42.1 Å².